The number of phenolic OH excluding ortho intramolecular Hbond substituents is 2. The van der Waals surface area contributed by atoms with E-state index in [0.717, 1.165) is 5.69 Å². The van der Waals surface area contributed by atoms with Crippen molar-refractivity contribution in [3.8, 4) is 11.5 Å². The Kier molecular flexibility index (Phi) is 4.58. The molecule has 4 rings (SSSR count). The van der Waals surface area contributed by atoms with Crippen molar-refractivity contribution in [2.75, 3.05) is 5.43 Å². The monoisotopic (exact) mass is 414 g/mol. The van der Waals surface area contributed by atoms with E-state index in [-0.39, 0.29) is 27.0 Å². The SMILES string of the molecule is O=c1c2cccc(/C=N/Nc3ccccc3)c2oc2c(Cl)c(O)c(Cl)c(O)c12. The van der Waals surface area contributed by atoms with Gasteiger partial charge in [0.05, 0.1) is 17.3 Å². The van der Waals surface area contributed by atoms with Crippen LogP contribution in [0.5, 0.6) is 11.5 Å². The minimum absolute atomic E-state index is 0.157. The van der Waals surface area contributed by atoms with Crippen LogP contribution in [0, 0.1) is 0 Å². The van der Waals surface area contributed by atoms with Crippen molar-refractivity contribution in [3.63, 3.8) is 0 Å². The molecule has 3 aromatic carbocycles. The molecule has 1 heterocycles. The lowest BCUT2D eigenvalue weighted by Gasteiger charge is -2.09. The number of phenols is 2. The second-order valence-electron chi connectivity index (χ2n) is 5.92. The van der Waals surface area contributed by atoms with Gasteiger partial charge in [-0.25, -0.2) is 0 Å². The van der Waals surface area contributed by atoms with Gasteiger partial charge >= 0.3 is 0 Å². The van der Waals surface area contributed by atoms with Gasteiger partial charge in [0, 0.05) is 5.56 Å². The van der Waals surface area contributed by atoms with E-state index in [2.05, 4.69) is 10.5 Å². The summed E-state index contributed by atoms with van der Waals surface area (Å²) in [5, 5.41) is 23.7. The average Bonchev–Trinajstić information content (AvgIpc) is 2.71. The largest absolute Gasteiger partial charge is 0.505 e. The van der Waals surface area contributed by atoms with Crippen LogP contribution in [0.4, 0.5) is 5.69 Å². The van der Waals surface area contributed by atoms with Crippen LogP contribution in [0.3, 0.4) is 0 Å². The first-order valence-electron chi connectivity index (χ1n) is 8.11. The van der Waals surface area contributed by atoms with Crippen molar-refractivity contribution in [1.82, 2.24) is 0 Å². The third kappa shape index (κ3) is 2.93. The summed E-state index contributed by atoms with van der Waals surface area (Å²) in [6.07, 6.45) is 1.49. The van der Waals surface area contributed by atoms with Gasteiger partial charge in [-0.15, -0.1) is 0 Å². The molecule has 0 aliphatic heterocycles. The molecule has 140 valence electrons. The van der Waals surface area contributed by atoms with Crippen LogP contribution in [0.2, 0.25) is 10.0 Å². The van der Waals surface area contributed by atoms with Gasteiger partial charge in [-0.3, -0.25) is 10.2 Å². The third-order valence-electron chi connectivity index (χ3n) is 4.18. The molecule has 3 N–H and O–H groups in total. The number of rotatable bonds is 3. The number of hydrazone groups is 1. The molecular formula is C20H12Cl2N2O4. The predicted molar refractivity (Wildman–Crippen MR) is 111 cm³/mol. The normalized spacial score (nSPS) is 11.5. The number of fused-ring (bicyclic) bond motifs is 2. The Morgan fingerprint density at radius 2 is 1.68 bits per heavy atom. The molecule has 0 radical (unpaired) electrons. The minimum atomic E-state index is -0.584. The highest BCUT2D eigenvalue weighted by atomic mass is 35.5. The van der Waals surface area contributed by atoms with Gasteiger partial charge in [-0.05, 0) is 24.3 Å². The van der Waals surface area contributed by atoms with E-state index in [1.54, 1.807) is 18.2 Å². The fraction of sp³-hybridized carbons (Fsp3) is 0. The van der Waals surface area contributed by atoms with Crippen molar-refractivity contribution < 1.29 is 14.6 Å². The Morgan fingerprint density at radius 3 is 2.43 bits per heavy atom. The summed E-state index contributed by atoms with van der Waals surface area (Å²) in [5.41, 5.74) is 3.70. The number of nitrogens with one attached hydrogen (secondary N) is 1. The van der Waals surface area contributed by atoms with E-state index in [1.807, 2.05) is 30.3 Å². The number of hydrogen-bond donors (Lipinski definition) is 3. The molecule has 0 spiro atoms. The zero-order valence-electron chi connectivity index (χ0n) is 14.1. The molecule has 0 unspecified atom stereocenters. The molecule has 0 bridgehead atoms. The van der Waals surface area contributed by atoms with Crippen LogP contribution in [-0.2, 0) is 0 Å². The van der Waals surface area contributed by atoms with E-state index < -0.39 is 22.0 Å². The Hall–Kier alpha value is -3.22. The van der Waals surface area contributed by atoms with Gasteiger partial charge in [0.25, 0.3) is 0 Å². The third-order valence-corrected chi connectivity index (χ3v) is 4.89. The Balaban J connectivity index is 1.91. The summed E-state index contributed by atoms with van der Waals surface area (Å²) in [6.45, 7) is 0. The molecule has 0 saturated carbocycles. The van der Waals surface area contributed by atoms with Crippen LogP contribution < -0.4 is 10.9 Å². The Labute approximate surface area is 168 Å². The predicted octanol–water partition coefficient (Wildman–Crippen LogP) is 5.11. The number of para-hydroxylation sites is 2. The first-order valence-corrected chi connectivity index (χ1v) is 8.87. The lowest BCUT2D eigenvalue weighted by atomic mass is 10.1. The molecule has 0 fully saturated rings. The molecule has 0 amide bonds. The first kappa shape index (κ1) is 18.2. The molecule has 0 aliphatic rings. The van der Waals surface area contributed by atoms with Crippen molar-refractivity contribution in [1.29, 1.82) is 0 Å². The zero-order valence-corrected chi connectivity index (χ0v) is 15.6. The molecule has 0 atom stereocenters. The summed E-state index contributed by atoms with van der Waals surface area (Å²) in [6, 6.07) is 14.2. The summed E-state index contributed by atoms with van der Waals surface area (Å²) in [7, 11) is 0. The van der Waals surface area contributed by atoms with Gasteiger partial charge in [-0.2, -0.15) is 5.10 Å². The quantitative estimate of drug-likeness (QED) is 0.246. The molecule has 4 aromatic rings. The maximum Gasteiger partial charge on any atom is 0.204 e. The topological polar surface area (TPSA) is 95.1 Å². The van der Waals surface area contributed by atoms with E-state index in [9.17, 15) is 15.0 Å². The molecular weight excluding hydrogens is 403 g/mol. The van der Waals surface area contributed by atoms with Gasteiger partial charge < -0.3 is 14.6 Å². The highest BCUT2D eigenvalue weighted by Crippen LogP contribution is 2.45. The second-order valence-corrected chi connectivity index (χ2v) is 6.68. The average molecular weight is 415 g/mol. The molecule has 6 nitrogen and oxygen atoms in total. The smallest absolute Gasteiger partial charge is 0.204 e. The fourth-order valence-corrected chi connectivity index (χ4v) is 3.29. The number of benzene rings is 3. The maximum atomic E-state index is 12.9. The highest BCUT2D eigenvalue weighted by molar-refractivity contribution is 6.42. The van der Waals surface area contributed by atoms with Gasteiger partial charge in [0.1, 0.15) is 21.0 Å². The first-order chi connectivity index (χ1) is 13.5. The van der Waals surface area contributed by atoms with Gasteiger partial charge in [-0.1, -0.05) is 47.5 Å². The second kappa shape index (κ2) is 7.07. The standard InChI is InChI=1S/C20H12Cl2N2O4/c21-14-17(26)13-16(25)12-8-4-5-10(9-23-24-11-6-2-1-3-7-11)19(12)28-20(13)15(22)18(14)27/h1-9,24,26-27H/b23-9+. The van der Waals surface area contributed by atoms with Crippen LogP contribution in [0.1, 0.15) is 5.56 Å². The maximum absolute atomic E-state index is 12.9. The van der Waals surface area contributed by atoms with E-state index in [0.29, 0.717) is 5.56 Å². The Morgan fingerprint density at radius 1 is 0.929 bits per heavy atom. The lowest BCUT2D eigenvalue weighted by Crippen LogP contribution is -2.04. The van der Waals surface area contributed by atoms with E-state index >= 15 is 0 Å². The fourth-order valence-electron chi connectivity index (χ4n) is 2.82. The molecule has 1 aromatic heterocycles. The van der Waals surface area contributed by atoms with Gasteiger partial charge in [0.15, 0.2) is 17.1 Å². The molecule has 8 heteroatoms. The summed E-state index contributed by atoms with van der Waals surface area (Å²) >= 11 is 11.9. The zero-order chi connectivity index (χ0) is 19.8. The van der Waals surface area contributed by atoms with Crippen molar-refractivity contribution >= 4 is 57.0 Å². The van der Waals surface area contributed by atoms with Crippen LogP contribution in [0.15, 0.2) is 62.8 Å². The summed E-state index contributed by atoms with van der Waals surface area (Å²) in [4.78, 5) is 12.9. The van der Waals surface area contributed by atoms with E-state index in [1.165, 1.54) is 6.21 Å². The molecule has 28 heavy (non-hydrogen) atoms. The molecule has 0 saturated heterocycles. The summed E-state index contributed by atoms with van der Waals surface area (Å²) < 4.78 is 5.78. The molecule has 0 aliphatic carbocycles. The highest BCUT2D eigenvalue weighted by Gasteiger charge is 2.22. The minimum Gasteiger partial charge on any atom is -0.505 e. The van der Waals surface area contributed by atoms with Crippen LogP contribution in [0.25, 0.3) is 21.9 Å². The number of aromatic hydroxyl groups is 2. The number of anilines is 1. The van der Waals surface area contributed by atoms with Crippen molar-refractivity contribution in [3.05, 3.63) is 74.4 Å². The number of nitrogens with zero attached hydrogens (tertiary/aromatic N) is 1. The van der Waals surface area contributed by atoms with Crippen molar-refractivity contribution in [2.45, 2.75) is 0 Å². The van der Waals surface area contributed by atoms with Gasteiger partial charge in [0.2, 0.25) is 5.43 Å². The number of hydrogen-bond acceptors (Lipinski definition) is 6. The number of halogens is 2. The van der Waals surface area contributed by atoms with Crippen LogP contribution >= 0.6 is 23.2 Å². The van der Waals surface area contributed by atoms with E-state index in [4.69, 9.17) is 27.6 Å². The van der Waals surface area contributed by atoms with Crippen LogP contribution in [-0.4, -0.2) is 16.4 Å². The van der Waals surface area contributed by atoms with Crippen molar-refractivity contribution in [2.24, 2.45) is 5.10 Å². The Bertz CT molecular complexity index is 1300. The summed E-state index contributed by atoms with van der Waals surface area (Å²) in [5.74, 6) is -1.15. The lowest BCUT2D eigenvalue weighted by molar-refractivity contribution is 0.453.